The molecular formula is C15H30ClN5O3S. The Morgan fingerprint density at radius 1 is 1.44 bits per heavy atom. The van der Waals surface area contributed by atoms with E-state index in [1.165, 1.54) is 6.20 Å². The van der Waals surface area contributed by atoms with Crippen LogP contribution in [0.1, 0.15) is 32.5 Å². The van der Waals surface area contributed by atoms with Crippen LogP contribution in [0.2, 0.25) is 0 Å². The number of sulfonamides is 1. The molecule has 0 aliphatic heterocycles. The van der Waals surface area contributed by atoms with E-state index in [1.54, 1.807) is 30.5 Å². The maximum atomic E-state index is 12.1. The van der Waals surface area contributed by atoms with E-state index >= 15 is 0 Å². The second-order valence-corrected chi connectivity index (χ2v) is 8.11. The Morgan fingerprint density at radius 3 is 2.52 bits per heavy atom. The van der Waals surface area contributed by atoms with Gasteiger partial charge in [-0.1, -0.05) is 13.8 Å². The number of aromatic nitrogens is 2. The van der Waals surface area contributed by atoms with Gasteiger partial charge in [-0.25, -0.2) is 18.1 Å². The highest BCUT2D eigenvalue weighted by Crippen LogP contribution is 2.08. The number of carbonyl (C=O) groups excluding carboxylic acids is 1. The number of aryl methyl sites for hydroxylation is 2. The van der Waals surface area contributed by atoms with Crippen LogP contribution < -0.4 is 10.5 Å². The van der Waals surface area contributed by atoms with Gasteiger partial charge in [0, 0.05) is 45.8 Å². The lowest BCUT2D eigenvalue weighted by Crippen LogP contribution is -2.36. The second-order valence-electron chi connectivity index (χ2n) is 6.40. The van der Waals surface area contributed by atoms with Gasteiger partial charge in [-0.2, -0.15) is 0 Å². The molecule has 0 aliphatic rings. The van der Waals surface area contributed by atoms with Crippen LogP contribution in [-0.4, -0.2) is 55.0 Å². The van der Waals surface area contributed by atoms with Gasteiger partial charge in [0.25, 0.3) is 10.0 Å². The molecule has 1 unspecified atom stereocenters. The summed E-state index contributed by atoms with van der Waals surface area (Å²) in [6.07, 6.45) is 2.26. The lowest BCUT2D eigenvalue weighted by atomic mass is 10.0. The summed E-state index contributed by atoms with van der Waals surface area (Å²) in [5.41, 5.74) is 5.96. The van der Waals surface area contributed by atoms with Gasteiger partial charge in [0.1, 0.15) is 5.82 Å². The summed E-state index contributed by atoms with van der Waals surface area (Å²) in [6, 6.07) is 0.0474. The van der Waals surface area contributed by atoms with Crippen molar-refractivity contribution in [3.8, 4) is 0 Å². The number of halogens is 1. The Hall–Kier alpha value is -1.16. The summed E-state index contributed by atoms with van der Waals surface area (Å²) in [6.45, 7) is 6.41. The van der Waals surface area contributed by atoms with Crippen LogP contribution in [0, 0.1) is 12.8 Å². The molecule has 0 saturated carbocycles. The first-order valence-electron chi connectivity index (χ1n) is 8.03. The summed E-state index contributed by atoms with van der Waals surface area (Å²) in [4.78, 5) is 17.6. The largest absolute Gasteiger partial charge is 0.346 e. The van der Waals surface area contributed by atoms with Gasteiger partial charge in [0.15, 0.2) is 5.03 Å². The molecule has 8 nitrogen and oxygen atoms in total. The number of nitrogens with two attached hydrogens (primary N) is 1. The third-order valence-corrected chi connectivity index (χ3v) is 5.40. The molecule has 25 heavy (non-hydrogen) atoms. The lowest BCUT2D eigenvalue weighted by molar-refractivity contribution is -0.129. The van der Waals surface area contributed by atoms with Crippen LogP contribution >= 0.6 is 12.4 Å². The van der Waals surface area contributed by atoms with Crippen LogP contribution in [0.4, 0.5) is 0 Å². The predicted octanol–water partition coefficient (Wildman–Crippen LogP) is 0.651. The van der Waals surface area contributed by atoms with E-state index in [0.29, 0.717) is 18.3 Å². The van der Waals surface area contributed by atoms with Crippen LogP contribution in [0.15, 0.2) is 11.2 Å². The number of nitrogens with one attached hydrogen (secondary N) is 1. The number of hydrogen-bond donors (Lipinski definition) is 2. The van der Waals surface area contributed by atoms with E-state index in [0.717, 1.165) is 6.42 Å². The molecule has 0 spiro atoms. The summed E-state index contributed by atoms with van der Waals surface area (Å²) in [5.74, 6) is 0.848. The van der Waals surface area contributed by atoms with E-state index in [2.05, 4.69) is 9.71 Å². The number of amides is 1. The Morgan fingerprint density at radius 2 is 2.04 bits per heavy atom. The first-order chi connectivity index (χ1) is 11.0. The molecular weight excluding hydrogens is 366 g/mol. The molecule has 0 radical (unpaired) electrons. The average Bonchev–Trinajstić information content (AvgIpc) is 2.84. The molecule has 0 bridgehead atoms. The van der Waals surface area contributed by atoms with Gasteiger partial charge >= 0.3 is 0 Å². The fourth-order valence-corrected chi connectivity index (χ4v) is 3.08. The zero-order valence-corrected chi connectivity index (χ0v) is 17.2. The molecule has 0 aliphatic carbocycles. The minimum absolute atomic E-state index is 0. The summed E-state index contributed by atoms with van der Waals surface area (Å²) < 4.78 is 28.3. The van der Waals surface area contributed by atoms with Crippen molar-refractivity contribution in [1.29, 1.82) is 0 Å². The average molecular weight is 396 g/mol. The molecule has 0 saturated heterocycles. The first-order valence-corrected chi connectivity index (χ1v) is 9.52. The molecule has 0 fully saturated rings. The summed E-state index contributed by atoms with van der Waals surface area (Å²) in [7, 11) is -0.269. The minimum atomic E-state index is -3.69. The van der Waals surface area contributed by atoms with Crippen LogP contribution in [0.5, 0.6) is 0 Å². The second kappa shape index (κ2) is 10.1. The van der Waals surface area contributed by atoms with Crippen molar-refractivity contribution in [2.45, 2.75) is 44.7 Å². The van der Waals surface area contributed by atoms with Gasteiger partial charge < -0.3 is 15.2 Å². The van der Waals surface area contributed by atoms with Crippen molar-refractivity contribution in [2.24, 2.45) is 18.7 Å². The fourth-order valence-electron chi connectivity index (χ4n) is 2.01. The lowest BCUT2D eigenvalue weighted by Gasteiger charge is -2.21. The molecule has 1 aromatic heterocycles. The van der Waals surface area contributed by atoms with Crippen molar-refractivity contribution in [2.75, 3.05) is 20.1 Å². The van der Waals surface area contributed by atoms with E-state index < -0.39 is 10.0 Å². The quantitative estimate of drug-likeness (QED) is 0.637. The van der Waals surface area contributed by atoms with Gasteiger partial charge in [0.05, 0.1) is 0 Å². The third kappa shape index (κ3) is 7.31. The standard InChI is InChI=1S/C15H29N5O3S.ClH/c1-11(2)13(16)7-9-19(4)15(21)6-8-17-24(22,23)14-10-20(5)12(3)18-14;/h10-11,13,17H,6-9,16H2,1-5H3;1H. The van der Waals surface area contributed by atoms with E-state index in [9.17, 15) is 13.2 Å². The van der Waals surface area contributed by atoms with Gasteiger partial charge in [-0.15, -0.1) is 12.4 Å². The molecule has 0 aromatic carbocycles. The highest BCUT2D eigenvalue weighted by Gasteiger charge is 2.19. The zero-order valence-electron chi connectivity index (χ0n) is 15.5. The summed E-state index contributed by atoms with van der Waals surface area (Å²) >= 11 is 0. The predicted molar refractivity (Wildman–Crippen MR) is 100 cm³/mol. The SMILES string of the molecule is Cc1nc(S(=O)(=O)NCCC(=O)N(C)CCC(N)C(C)C)cn1C.Cl. The molecule has 146 valence electrons. The molecule has 1 aromatic rings. The number of nitrogens with zero attached hydrogens (tertiary/aromatic N) is 3. The molecule has 3 N–H and O–H groups in total. The number of hydrogen-bond acceptors (Lipinski definition) is 5. The minimum Gasteiger partial charge on any atom is -0.346 e. The van der Waals surface area contributed by atoms with Crippen molar-refractivity contribution >= 4 is 28.3 Å². The topological polar surface area (TPSA) is 110 Å². The van der Waals surface area contributed by atoms with Gasteiger partial charge in [-0.05, 0) is 19.3 Å². The monoisotopic (exact) mass is 395 g/mol. The van der Waals surface area contributed by atoms with Crippen LogP contribution in [0.3, 0.4) is 0 Å². The molecule has 1 atom stereocenters. The number of carbonyl (C=O) groups is 1. The Labute approximate surface area is 156 Å². The van der Waals surface area contributed by atoms with Crippen molar-refractivity contribution in [1.82, 2.24) is 19.2 Å². The normalized spacial score (nSPS) is 12.8. The fraction of sp³-hybridized carbons (Fsp3) is 0.733. The van der Waals surface area contributed by atoms with Gasteiger partial charge in [-0.3, -0.25) is 4.79 Å². The summed E-state index contributed by atoms with van der Waals surface area (Å²) in [5, 5.41) is -0.0359. The molecule has 1 amide bonds. The van der Waals surface area contributed by atoms with Crippen molar-refractivity contribution in [3.05, 3.63) is 12.0 Å². The Kier molecular flexibility index (Phi) is 9.63. The van der Waals surface area contributed by atoms with E-state index in [-0.39, 0.29) is 42.3 Å². The molecule has 1 heterocycles. The number of rotatable bonds is 9. The van der Waals surface area contributed by atoms with Gasteiger partial charge in [0.2, 0.25) is 5.91 Å². The van der Waals surface area contributed by atoms with E-state index in [4.69, 9.17) is 5.73 Å². The highest BCUT2D eigenvalue weighted by molar-refractivity contribution is 7.89. The van der Waals surface area contributed by atoms with E-state index in [1.807, 2.05) is 13.8 Å². The van der Waals surface area contributed by atoms with Crippen molar-refractivity contribution in [3.63, 3.8) is 0 Å². The maximum Gasteiger partial charge on any atom is 0.259 e. The van der Waals surface area contributed by atoms with Crippen LogP contribution in [0.25, 0.3) is 0 Å². The Balaban J connectivity index is 0.00000576. The number of imidazole rings is 1. The third-order valence-electron chi connectivity index (χ3n) is 4.07. The molecule has 1 rings (SSSR count). The van der Waals surface area contributed by atoms with Crippen LogP contribution in [-0.2, 0) is 21.9 Å². The zero-order chi connectivity index (χ0) is 18.5. The smallest absolute Gasteiger partial charge is 0.259 e. The highest BCUT2D eigenvalue weighted by atomic mass is 35.5. The Bertz CT molecular complexity index is 641. The maximum absolute atomic E-state index is 12.1. The molecule has 10 heteroatoms. The van der Waals surface area contributed by atoms with Crippen molar-refractivity contribution < 1.29 is 13.2 Å². The first kappa shape index (κ1) is 23.8.